The van der Waals surface area contributed by atoms with Crippen molar-refractivity contribution in [3.05, 3.63) is 77.4 Å². The summed E-state index contributed by atoms with van der Waals surface area (Å²) in [6.07, 6.45) is 4.06. The third kappa shape index (κ3) is 4.81. The number of aromatic amines is 1. The lowest BCUT2D eigenvalue weighted by molar-refractivity contribution is 0.0697. The van der Waals surface area contributed by atoms with Crippen LogP contribution in [0, 0.1) is 6.92 Å². The van der Waals surface area contributed by atoms with E-state index in [0.717, 1.165) is 27.9 Å². The van der Waals surface area contributed by atoms with Crippen LogP contribution in [-0.4, -0.2) is 38.8 Å². The molecule has 0 fully saturated rings. The predicted molar refractivity (Wildman–Crippen MR) is 104 cm³/mol. The molecule has 0 spiro atoms. The molecule has 0 bridgehead atoms. The molecule has 0 radical (unpaired) electrons. The molecule has 1 heterocycles. The third-order valence-corrected chi connectivity index (χ3v) is 4.59. The smallest absolute Gasteiger partial charge is 0.335 e. The summed E-state index contributed by atoms with van der Waals surface area (Å²) >= 11 is 0. The van der Waals surface area contributed by atoms with Crippen LogP contribution >= 0.6 is 0 Å². The summed E-state index contributed by atoms with van der Waals surface area (Å²) in [4.78, 5) is 18.2. The average molecular weight is 365 g/mol. The van der Waals surface area contributed by atoms with E-state index in [1.54, 1.807) is 24.7 Å². The maximum Gasteiger partial charge on any atom is 0.335 e. The second-order valence-electron chi connectivity index (χ2n) is 6.57. The molecule has 1 aromatic heterocycles. The number of hydrogen-bond donors (Lipinski definition) is 4. The van der Waals surface area contributed by atoms with Gasteiger partial charge in [0.2, 0.25) is 0 Å². The number of aromatic carboxylic acids is 1. The summed E-state index contributed by atoms with van der Waals surface area (Å²) in [6.45, 7) is 2.64. The van der Waals surface area contributed by atoms with Crippen molar-refractivity contribution >= 4 is 5.97 Å². The van der Waals surface area contributed by atoms with Gasteiger partial charge in [0.05, 0.1) is 18.5 Å². The number of imidazole rings is 1. The number of benzene rings is 2. The fraction of sp³-hybridized carbons (Fsp3) is 0.238. The molecule has 4 N–H and O–H groups in total. The van der Waals surface area contributed by atoms with E-state index in [4.69, 9.17) is 0 Å². The highest BCUT2D eigenvalue weighted by Crippen LogP contribution is 2.25. The van der Waals surface area contributed by atoms with Crippen molar-refractivity contribution in [1.82, 2.24) is 15.3 Å². The van der Waals surface area contributed by atoms with E-state index < -0.39 is 5.97 Å². The largest absolute Gasteiger partial charge is 0.478 e. The molecule has 0 aliphatic heterocycles. The Morgan fingerprint density at radius 3 is 2.63 bits per heavy atom. The normalized spacial score (nSPS) is 12.1. The van der Waals surface area contributed by atoms with E-state index in [2.05, 4.69) is 15.3 Å². The fourth-order valence-electron chi connectivity index (χ4n) is 2.99. The van der Waals surface area contributed by atoms with E-state index in [0.29, 0.717) is 13.0 Å². The van der Waals surface area contributed by atoms with Crippen LogP contribution in [0.1, 0.15) is 27.2 Å². The lowest BCUT2D eigenvalue weighted by Crippen LogP contribution is -2.34. The van der Waals surface area contributed by atoms with Crippen LogP contribution in [0.25, 0.3) is 11.1 Å². The molecule has 2 aromatic carbocycles. The number of hydrogen-bond acceptors (Lipinski definition) is 4. The first kappa shape index (κ1) is 18.8. The monoisotopic (exact) mass is 365 g/mol. The Balaban J connectivity index is 1.67. The molecule has 140 valence electrons. The second kappa shape index (κ2) is 8.62. The summed E-state index contributed by atoms with van der Waals surface area (Å²) in [5, 5.41) is 22.1. The Morgan fingerprint density at radius 2 is 2.00 bits per heavy atom. The quantitative estimate of drug-likeness (QED) is 0.492. The lowest BCUT2D eigenvalue weighted by atomic mass is 9.97. The van der Waals surface area contributed by atoms with Gasteiger partial charge < -0.3 is 20.5 Å². The molecule has 6 nitrogen and oxygen atoms in total. The van der Waals surface area contributed by atoms with Crippen LogP contribution in [-0.2, 0) is 13.0 Å². The molecular formula is C21H23N3O3. The van der Waals surface area contributed by atoms with Gasteiger partial charge in [-0.3, -0.25) is 0 Å². The van der Waals surface area contributed by atoms with E-state index >= 15 is 0 Å². The first-order valence-electron chi connectivity index (χ1n) is 8.81. The average Bonchev–Trinajstić information content (AvgIpc) is 3.19. The van der Waals surface area contributed by atoms with Crippen molar-refractivity contribution in [3.63, 3.8) is 0 Å². The molecule has 0 aliphatic carbocycles. The summed E-state index contributed by atoms with van der Waals surface area (Å²) in [6, 6.07) is 13.1. The molecule has 1 atom stereocenters. The standard InChI is InChI=1S/C21H23N3O3/c1-14-2-5-17(21(26)27)8-20(14)16-6-3-15(4-7-16)10-23-19(12-25)9-18-11-22-13-24-18/h2-8,11,13,19,23,25H,9-10,12H2,1H3,(H,22,24)(H,26,27). The van der Waals surface area contributed by atoms with Gasteiger partial charge in [0, 0.05) is 30.9 Å². The minimum Gasteiger partial charge on any atom is -0.478 e. The zero-order chi connectivity index (χ0) is 19.2. The lowest BCUT2D eigenvalue weighted by Gasteiger charge is -2.16. The minimum absolute atomic E-state index is 0.0400. The molecule has 0 amide bonds. The van der Waals surface area contributed by atoms with Gasteiger partial charge in [-0.05, 0) is 41.3 Å². The third-order valence-electron chi connectivity index (χ3n) is 4.59. The van der Waals surface area contributed by atoms with Gasteiger partial charge in [-0.1, -0.05) is 30.3 Å². The van der Waals surface area contributed by atoms with Gasteiger partial charge in [0.1, 0.15) is 0 Å². The van der Waals surface area contributed by atoms with Crippen molar-refractivity contribution in [1.29, 1.82) is 0 Å². The Bertz CT molecular complexity index is 890. The number of carbonyl (C=O) groups is 1. The van der Waals surface area contributed by atoms with E-state index in [9.17, 15) is 15.0 Å². The molecule has 1 unspecified atom stereocenters. The Morgan fingerprint density at radius 1 is 1.22 bits per heavy atom. The van der Waals surface area contributed by atoms with E-state index in [1.807, 2.05) is 37.3 Å². The van der Waals surface area contributed by atoms with E-state index in [1.165, 1.54) is 0 Å². The van der Waals surface area contributed by atoms with Gasteiger partial charge in [-0.25, -0.2) is 9.78 Å². The van der Waals surface area contributed by atoms with Crippen LogP contribution in [0.15, 0.2) is 55.0 Å². The molecule has 0 saturated carbocycles. The number of aromatic nitrogens is 2. The number of rotatable bonds is 8. The second-order valence-corrected chi connectivity index (χ2v) is 6.57. The molecule has 27 heavy (non-hydrogen) atoms. The van der Waals surface area contributed by atoms with Gasteiger partial charge in [-0.2, -0.15) is 0 Å². The number of H-pyrrole nitrogens is 1. The highest BCUT2D eigenvalue weighted by Gasteiger charge is 2.10. The van der Waals surface area contributed by atoms with Gasteiger partial charge in [0.15, 0.2) is 0 Å². The number of aliphatic hydroxyl groups is 1. The summed E-state index contributed by atoms with van der Waals surface area (Å²) in [7, 11) is 0. The SMILES string of the molecule is Cc1ccc(C(=O)O)cc1-c1ccc(CNC(CO)Cc2cnc[nH]2)cc1. The predicted octanol–water partition coefficient (Wildman–Crippen LogP) is 2.78. The maximum atomic E-state index is 11.2. The van der Waals surface area contributed by atoms with Crippen molar-refractivity contribution in [3.8, 4) is 11.1 Å². The number of aliphatic hydroxyl groups excluding tert-OH is 1. The zero-order valence-electron chi connectivity index (χ0n) is 15.1. The number of nitrogens with zero attached hydrogens (tertiary/aromatic N) is 1. The zero-order valence-corrected chi connectivity index (χ0v) is 15.1. The first-order valence-corrected chi connectivity index (χ1v) is 8.81. The Kier molecular flexibility index (Phi) is 6.01. The Labute approximate surface area is 157 Å². The maximum absolute atomic E-state index is 11.2. The molecule has 3 aromatic rings. The van der Waals surface area contributed by atoms with Crippen LogP contribution in [0.5, 0.6) is 0 Å². The molecule has 0 saturated heterocycles. The van der Waals surface area contributed by atoms with Crippen molar-refractivity contribution < 1.29 is 15.0 Å². The number of aryl methyl sites for hydroxylation is 1. The summed E-state index contributed by atoms with van der Waals surface area (Å²) in [5.41, 5.74) is 5.29. The molecule has 6 heteroatoms. The van der Waals surface area contributed by atoms with Crippen molar-refractivity contribution in [2.45, 2.75) is 25.9 Å². The van der Waals surface area contributed by atoms with Gasteiger partial charge >= 0.3 is 5.97 Å². The molecule has 0 aliphatic rings. The summed E-state index contributed by atoms with van der Waals surface area (Å²) in [5.74, 6) is -0.926. The van der Waals surface area contributed by atoms with Crippen LogP contribution in [0.3, 0.4) is 0 Å². The first-order chi connectivity index (χ1) is 13.1. The number of carboxylic acids is 1. The van der Waals surface area contributed by atoms with Crippen molar-refractivity contribution in [2.75, 3.05) is 6.61 Å². The molecule has 3 rings (SSSR count). The minimum atomic E-state index is -0.926. The highest BCUT2D eigenvalue weighted by atomic mass is 16.4. The van der Waals surface area contributed by atoms with Crippen LogP contribution in [0.2, 0.25) is 0 Å². The highest BCUT2D eigenvalue weighted by molar-refractivity contribution is 5.90. The van der Waals surface area contributed by atoms with Gasteiger partial charge in [0.25, 0.3) is 0 Å². The van der Waals surface area contributed by atoms with Crippen LogP contribution < -0.4 is 5.32 Å². The van der Waals surface area contributed by atoms with Gasteiger partial charge in [-0.15, -0.1) is 0 Å². The van der Waals surface area contributed by atoms with Crippen LogP contribution in [0.4, 0.5) is 0 Å². The Hall–Kier alpha value is -2.96. The van der Waals surface area contributed by atoms with E-state index in [-0.39, 0.29) is 18.2 Å². The molecular weight excluding hydrogens is 342 g/mol. The fourth-order valence-corrected chi connectivity index (χ4v) is 2.99. The summed E-state index contributed by atoms with van der Waals surface area (Å²) < 4.78 is 0. The van der Waals surface area contributed by atoms with Crippen molar-refractivity contribution in [2.24, 2.45) is 0 Å². The number of carboxylic acid groups (broad SMARTS) is 1. The topological polar surface area (TPSA) is 98.2 Å². The number of nitrogens with one attached hydrogen (secondary N) is 2.